The molecular formula is C36H41ClF2N4O4. The third kappa shape index (κ3) is 5.96. The van der Waals surface area contributed by atoms with Crippen LogP contribution < -0.4 is 26.3 Å². The second-order valence-electron chi connectivity index (χ2n) is 13.0. The Morgan fingerprint density at radius 3 is 2.45 bits per heavy atom. The fraction of sp³-hybridized carbons (Fsp3) is 0.444. The van der Waals surface area contributed by atoms with Crippen LogP contribution in [0.1, 0.15) is 66.4 Å². The Hall–Kier alpha value is -3.73. The van der Waals surface area contributed by atoms with Gasteiger partial charge in [0.15, 0.2) is 17.2 Å². The molecule has 11 heteroatoms. The highest BCUT2D eigenvalue weighted by atomic mass is 35.5. The van der Waals surface area contributed by atoms with Crippen LogP contribution in [0.2, 0.25) is 5.02 Å². The fourth-order valence-corrected chi connectivity index (χ4v) is 7.95. The van der Waals surface area contributed by atoms with Gasteiger partial charge in [-0.2, -0.15) is 0 Å². The van der Waals surface area contributed by atoms with E-state index < -0.39 is 29.1 Å². The molecule has 3 aliphatic rings. The molecule has 2 heterocycles. The quantitative estimate of drug-likeness (QED) is 0.268. The summed E-state index contributed by atoms with van der Waals surface area (Å²) < 4.78 is 43.5. The molecule has 47 heavy (non-hydrogen) atoms. The van der Waals surface area contributed by atoms with Crippen LogP contribution in [0, 0.1) is 23.5 Å². The lowest BCUT2D eigenvalue weighted by atomic mass is 9.77. The molecule has 3 aromatic rings. The Morgan fingerprint density at radius 2 is 1.81 bits per heavy atom. The summed E-state index contributed by atoms with van der Waals surface area (Å²) in [6, 6.07) is 13.6. The van der Waals surface area contributed by atoms with Gasteiger partial charge in [-0.3, -0.25) is 9.59 Å². The molecule has 0 bridgehead atoms. The number of carbonyl (C=O) groups is 2. The SMILES string of the molecule is COc1ccc(C(N)=O)c(-c2c(Cl)c(F)cc3c2[C@H](C)[C@@](CNC2CCC(C(=O)N4CC[C@@H](CN)C4)CC2)(c2ccccc2)O3)c1F. The van der Waals surface area contributed by atoms with Gasteiger partial charge in [0, 0.05) is 60.3 Å². The lowest BCUT2D eigenvalue weighted by Crippen LogP contribution is -2.48. The Balaban J connectivity index is 1.31. The molecule has 0 spiro atoms. The largest absolute Gasteiger partial charge is 0.494 e. The van der Waals surface area contributed by atoms with E-state index in [-0.39, 0.29) is 51.1 Å². The number of benzene rings is 3. The maximum absolute atomic E-state index is 16.0. The van der Waals surface area contributed by atoms with Gasteiger partial charge < -0.3 is 31.2 Å². The number of nitrogens with zero attached hydrogens (tertiary/aromatic N) is 1. The lowest BCUT2D eigenvalue weighted by Gasteiger charge is -2.37. The van der Waals surface area contributed by atoms with Gasteiger partial charge in [0.2, 0.25) is 11.8 Å². The molecule has 2 fully saturated rings. The molecule has 250 valence electrons. The molecule has 1 saturated heterocycles. The molecule has 0 aromatic heterocycles. The Morgan fingerprint density at radius 1 is 1.09 bits per heavy atom. The summed E-state index contributed by atoms with van der Waals surface area (Å²) in [5.74, 6) is -2.38. The topological polar surface area (TPSA) is 120 Å². The molecular weight excluding hydrogens is 626 g/mol. The van der Waals surface area contributed by atoms with Crippen molar-refractivity contribution in [2.45, 2.75) is 56.6 Å². The number of ether oxygens (including phenoxy) is 2. The predicted molar refractivity (Wildman–Crippen MR) is 177 cm³/mol. The van der Waals surface area contributed by atoms with Crippen molar-refractivity contribution in [2.24, 2.45) is 23.3 Å². The van der Waals surface area contributed by atoms with Crippen LogP contribution >= 0.6 is 11.6 Å². The van der Waals surface area contributed by atoms with Crippen LogP contribution in [0.4, 0.5) is 8.78 Å². The monoisotopic (exact) mass is 666 g/mol. The Kier molecular flexibility index (Phi) is 9.47. The number of methoxy groups -OCH3 is 1. The summed E-state index contributed by atoms with van der Waals surface area (Å²) in [7, 11) is 1.30. The van der Waals surface area contributed by atoms with Crippen molar-refractivity contribution < 1.29 is 27.8 Å². The van der Waals surface area contributed by atoms with E-state index in [2.05, 4.69) is 5.32 Å². The lowest BCUT2D eigenvalue weighted by molar-refractivity contribution is -0.135. The minimum atomic E-state index is -1.03. The molecule has 0 unspecified atom stereocenters. The number of halogens is 3. The normalized spacial score (nSPS) is 25.4. The van der Waals surface area contributed by atoms with E-state index in [0.717, 1.165) is 50.8 Å². The summed E-state index contributed by atoms with van der Waals surface area (Å²) in [5, 5.41) is 3.36. The van der Waals surface area contributed by atoms with Crippen molar-refractivity contribution in [3.8, 4) is 22.6 Å². The zero-order valence-electron chi connectivity index (χ0n) is 26.7. The molecule has 8 nitrogen and oxygen atoms in total. The number of carbonyl (C=O) groups excluding carboxylic acids is 2. The van der Waals surface area contributed by atoms with E-state index >= 15 is 8.78 Å². The Labute approximate surface area is 278 Å². The van der Waals surface area contributed by atoms with E-state index in [0.29, 0.717) is 24.6 Å². The number of likely N-dealkylation sites (tertiary alicyclic amines) is 1. The number of amides is 2. The minimum absolute atomic E-state index is 0.00320. The average Bonchev–Trinajstić information content (AvgIpc) is 3.68. The zero-order chi connectivity index (χ0) is 33.5. The molecule has 6 rings (SSSR count). The van der Waals surface area contributed by atoms with Gasteiger partial charge in [-0.15, -0.1) is 0 Å². The van der Waals surface area contributed by atoms with Gasteiger partial charge in [0.05, 0.1) is 17.7 Å². The van der Waals surface area contributed by atoms with Crippen LogP contribution in [0.15, 0.2) is 48.5 Å². The Bertz CT molecular complexity index is 1670. The first-order valence-corrected chi connectivity index (χ1v) is 16.6. The van der Waals surface area contributed by atoms with E-state index in [4.69, 9.17) is 32.5 Å². The first-order valence-electron chi connectivity index (χ1n) is 16.2. The molecule has 0 radical (unpaired) electrons. The van der Waals surface area contributed by atoms with E-state index in [1.165, 1.54) is 25.3 Å². The van der Waals surface area contributed by atoms with E-state index in [1.807, 2.05) is 42.2 Å². The molecule has 2 aliphatic heterocycles. The minimum Gasteiger partial charge on any atom is -0.494 e. The fourth-order valence-electron chi connectivity index (χ4n) is 7.70. The maximum Gasteiger partial charge on any atom is 0.249 e. The molecule has 1 saturated carbocycles. The number of fused-ring (bicyclic) bond motifs is 1. The van der Waals surface area contributed by atoms with Crippen molar-refractivity contribution >= 4 is 23.4 Å². The van der Waals surface area contributed by atoms with Gasteiger partial charge in [0.25, 0.3) is 0 Å². The van der Waals surface area contributed by atoms with Crippen LogP contribution in [-0.4, -0.2) is 56.0 Å². The molecule has 3 aromatic carbocycles. The van der Waals surface area contributed by atoms with Crippen LogP contribution in [0.3, 0.4) is 0 Å². The summed E-state index contributed by atoms with van der Waals surface area (Å²) in [6.45, 7) is 4.41. The zero-order valence-corrected chi connectivity index (χ0v) is 27.4. The van der Waals surface area contributed by atoms with Gasteiger partial charge >= 0.3 is 0 Å². The number of nitrogens with two attached hydrogens (primary N) is 2. The highest BCUT2D eigenvalue weighted by molar-refractivity contribution is 6.34. The highest BCUT2D eigenvalue weighted by Crippen LogP contribution is 2.56. The van der Waals surface area contributed by atoms with Gasteiger partial charge in [-0.05, 0) is 62.3 Å². The van der Waals surface area contributed by atoms with E-state index in [9.17, 15) is 9.59 Å². The molecule has 2 amide bonds. The van der Waals surface area contributed by atoms with Crippen molar-refractivity contribution in [1.82, 2.24) is 10.2 Å². The van der Waals surface area contributed by atoms with Crippen molar-refractivity contribution in [2.75, 3.05) is 33.3 Å². The van der Waals surface area contributed by atoms with Gasteiger partial charge in [-0.25, -0.2) is 8.78 Å². The summed E-state index contributed by atoms with van der Waals surface area (Å²) in [5.41, 5.74) is 11.4. The number of rotatable bonds is 9. The molecule has 5 N–H and O–H groups in total. The van der Waals surface area contributed by atoms with Gasteiger partial charge in [0.1, 0.15) is 11.6 Å². The van der Waals surface area contributed by atoms with Gasteiger partial charge in [-0.1, -0.05) is 48.9 Å². The van der Waals surface area contributed by atoms with Crippen molar-refractivity contribution in [3.63, 3.8) is 0 Å². The van der Waals surface area contributed by atoms with Crippen molar-refractivity contribution in [3.05, 3.63) is 81.9 Å². The number of primary amides is 1. The highest BCUT2D eigenvalue weighted by Gasteiger charge is 2.50. The van der Waals surface area contributed by atoms with Crippen LogP contribution in [0.25, 0.3) is 11.1 Å². The summed E-state index contributed by atoms with van der Waals surface area (Å²) in [6.07, 6.45) is 4.17. The number of hydrogen-bond acceptors (Lipinski definition) is 6. The third-order valence-corrected chi connectivity index (χ3v) is 10.8. The second-order valence-corrected chi connectivity index (χ2v) is 13.4. The number of nitrogens with one attached hydrogen (secondary N) is 1. The smallest absolute Gasteiger partial charge is 0.249 e. The first kappa shape index (κ1) is 33.2. The molecule has 1 aliphatic carbocycles. The first-order chi connectivity index (χ1) is 22.6. The molecule has 3 atom stereocenters. The van der Waals surface area contributed by atoms with E-state index in [1.54, 1.807) is 0 Å². The van der Waals surface area contributed by atoms with Crippen LogP contribution in [-0.2, 0) is 10.4 Å². The predicted octanol–water partition coefficient (Wildman–Crippen LogP) is 5.74. The summed E-state index contributed by atoms with van der Waals surface area (Å²) >= 11 is 6.62. The number of hydrogen-bond donors (Lipinski definition) is 3. The van der Waals surface area contributed by atoms with Crippen LogP contribution in [0.5, 0.6) is 11.5 Å². The second kappa shape index (κ2) is 13.4. The maximum atomic E-state index is 16.0. The van der Waals surface area contributed by atoms with Crippen molar-refractivity contribution in [1.29, 1.82) is 0 Å². The summed E-state index contributed by atoms with van der Waals surface area (Å²) in [4.78, 5) is 27.7. The standard InChI is InChI=1S/C36H41ClF2N4O4/c1-20-29-28(16-26(38)32(37)31(29)30-25(34(41)44)12-13-27(46-2)33(30)39)47-36(20,23-6-4-3-5-7-23)19-42-24-10-8-22(9-11-24)35(45)43-15-14-21(17-40)18-43/h3-7,12-13,16,20-22,24,42H,8-11,14-15,17-19,40H2,1-2H3,(H2,41,44)/t20-,21-,22?,24?,36-/m0/s1. The average molecular weight is 667 g/mol. The third-order valence-electron chi connectivity index (χ3n) is 10.4.